The first kappa shape index (κ1) is 17.3. The van der Waals surface area contributed by atoms with Crippen molar-refractivity contribution in [1.82, 2.24) is 5.43 Å². The molecule has 0 aromatic heterocycles. The van der Waals surface area contributed by atoms with Gasteiger partial charge in [-0.3, -0.25) is 25.0 Å². The molecule has 11 nitrogen and oxygen atoms in total. The number of non-ortho nitro benzene ring substituents is 1. The Morgan fingerprint density at radius 1 is 1.04 bits per heavy atom. The molecule has 11 heteroatoms. The van der Waals surface area contributed by atoms with E-state index in [-0.39, 0.29) is 16.8 Å². The molecule has 2 aromatic rings. The number of nitro groups is 2. The highest BCUT2D eigenvalue weighted by Gasteiger charge is 2.16. The molecule has 128 valence electrons. The van der Waals surface area contributed by atoms with Crippen LogP contribution in [0.5, 0.6) is 11.5 Å². The van der Waals surface area contributed by atoms with E-state index in [9.17, 15) is 35.2 Å². The smallest absolute Gasteiger partial charge is 0.311 e. The van der Waals surface area contributed by atoms with E-state index in [4.69, 9.17) is 0 Å². The van der Waals surface area contributed by atoms with Gasteiger partial charge in [0.2, 0.25) is 0 Å². The largest absolute Gasteiger partial charge is 0.507 e. The standard InChI is InChI=1S/C14H10N4O7/c19-12-6-13(20)11(18(24)25)5-9(12)7-15-16-14(21)8-1-3-10(4-2-8)17(22)23/h1-7,19-20H,(H,16,21)/b15-7+. The fourth-order valence-electron chi connectivity index (χ4n) is 1.79. The van der Waals surface area contributed by atoms with Crippen molar-refractivity contribution in [3.05, 3.63) is 67.8 Å². The summed E-state index contributed by atoms with van der Waals surface area (Å²) in [4.78, 5) is 31.6. The Balaban J connectivity index is 2.12. The maximum Gasteiger partial charge on any atom is 0.311 e. The molecule has 0 unspecified atom stereocenters. The highest BCUT2D eigenvalue weighted by molar-refractivity contribution is 5.95. The number of phenolic OH excluding ortho intramolecular Hbond substituents is 2. The average molecular weight is 346 g/mol. The van der Waals surface area contributed by atoms with Gasteiger partial charge in [-0.2, -0.15) is 5.10 Å². The third-order valence-electron chi connectivity index (χ3n) is 3.03. The van der Waals surface area contributed by atoms with Gasteiger partial charge in [0.15, 0.2) is 5.75 Å². The molecule has 2 aromatic carbocycles. The number of nitrogens with one attached hydrogen (secondary N) is 1. The lowest BCUT2D eigenvalue weighted by Gasteiger charge is -2.02. The highest BCUT2D eigenvalue weighted by atomic mass is 16.6. The van der Waals surface area contributed by atoms with E-state index in [1.807, 2.05) is 0 Å². The minimum atomic E-state index is -0.846. The first-order valence-corrected chi connectivity index (χ1v) is 6.58. The zero-order valence-corrected chi connectivity index (χ0v) is 12.3. The number of rotatable bonds is 5. The number of hydrazone groups is 1. The summed E-state index contributed by atoms with van der Waals surface area (Å²) in [6.07, 6.45) is 0.949. The van der Waals surface area contributed by atoms with Gasteiger partial charge in [0, 0.05) is 35.4 Å². The second-order valence-corrected chi connectivity index (χ2v) is 4.66. The molecule has 25 heavy (non-hydrogen) atoms. The number of amides is 1. The summed E-state index contributed by atoms with van der Waals surface area (Å²) in [6.45, 7) is 0. The van der Waals surface area contributed by atoms with Crippen molar-refractivity contribution in [3.63, 3.8) is 0 Å². The van der Waals surface area contributed by atoms with Crippen LogP contribution in [0.15, 0.2) is 41.5 Å². The molecule has 0 bridgehead atoms. The second kappa shape index (κ2) is 7.04. The predicted octanol–water partition coefficient (Wildman–Crippen LogP) is 1.68. The first-order valence-electron chi connectivity index (χ1n) is 6.58. The lowest BCUT2D eigenvalue weighted by molar-refractivity contribution is -0.385. The van der Waals surface area contributed by atoms with Crippen LogP contribution >= 0.6 is 0 Å². The van der Waals surface area contributed by atoms with Gasteiger partial charge in [-0.05, 0) is 12.1 Å². The van der Waals surface area contributed by atoms with E-state index in [2.05, 4.69) is 10.5 Å². The fourth-order valence-corrected chi connectivity index (χ4v) is 1.79. The summed E-state index contributed by atoms with van der Waals surface area (Å²) >= 11 is 0. The van der Waals surface area contributed by atoms with Gasteiger partial charge in [-0.15, -0.1) is 0 Å². The number of carbonyl (C=O) groups excluding carboxylic acids is 1. The Kier molecular flexibility index (Phi) is 4.88. The molecule has 0 saturated heterocycles. The number of aromatic hydroxyl groups is 2. The van der Waals surface area contributed by atoms with Gasteiger partial charge in [0.25, 0.3) is 11.6 Å². The van der Waals surface area contributed by atoms with Gasteiger partial charge in [-0.25, -0.2) is 5.43 Å². The lowest BCUT2D eigenvalue weighted by Crippen LogP contribution is -2.17. The number of carbonyl (C=O) groups is 1. The van der Waals surface area contributed by atoms with Crippen molar-refractivity contribution in [3.8, 4) is 11.5 Å². The molecule has 0 heterocycles. The summed E-state index contributed by atoms with van der Waals surface area (Å²) < 4.78 is 0. The molecule has 0 aliphatic rings. The summed E-state index contributed by atoms with van der Waals surface area (Å²) in [5, 5.41) is 43.8. The SMILES string of the molecule is O=C(N/N=C/c1cc([N+](=O)[O-])c(O)cc1O)c1ccc([N+](=O)[O-])cc1. The summed E-state index contributed by atoms with van der Waals surface area (Å²) in [7, 11) is 0. The van der Waals surface area contributed by atoms with Crippen molar-refractivity contribution < 1.29 is 24.9 Å². The van der Waals surface area contributed by atoms with Crippen LogP contribution in [0.25, 0.3) is 0 Å². The Hall–Kier alpha value is -4.02. The third kappa shape index (κ3) is 4.04. The molecule has 0 atom stereocenters. The summed E-state index contributed by atoms with van der Waals surface area (Å²) in [5.41, 5.74) is 1.28. The van der Waals surface area contributed by atoms with E-state index in [1.165, 1.54) is 12.1 Å². The van der Waals surface area contributed by atoms with Crippen molar-refractivity contribution in [2.24, 2.45) is 5.10 Å². The predicted molar refractivity (Wildman–Crippen MR) is 84.6 cm³/mol. The topological polar surface area (TPSA) is 168 Å². The molecule has 0 aliphatic carbocycles. The molecule has 0 saturated carbocycles. The van der Waals surface area contributed by atoms with Crippen LogP contribution in [0, 0.1) is 20.2 Å². The van der Waals surface area contributed by atoms with Crippen molar-refractivity contribution in [2.45, 2.75) is 0 Å². The van der Waals surface area contributed by atoms with Gasteiger partial charge in [0.05, 0.1) is 16.1 Å². The normalized spacial score (nSPS) is 10.6. The molecule has 0 aliphatic heterocycles. The Morgan fingerprint density at radius 3 is 2.24 bits per heavy atom. The maximum atomic E-state index is 11.8. The van der Waals surface area contributed by atoms with Crippen molar-refractivity contribution >= 4 is 23.5 Å². The number of hydrogen-bond donors (Lipinski definition) is 3. The summed E-state index contributed by atoms with van der Waals surface area (Å²) in [6, 6.07) is 6.41. The van der Waals surface area contributed by atoms with Crippen LogP contribution in [0.2, 0.25) is 0 Å². The van der Waals surface area contributed by atoms with E-state index in [0.29, 0.717) is 0 Å². The molecule has 2 rings (SSSR count). The Labute approximate surface area is 139 Å². The monoisotopic (exact) mass is 346 g/mol. The van der Waals surface area contributed by atoms with Crippen molar-refractivity contribution in [1.29, 1.82) is 0 Å². The molecule has 0 spiro atoms. The second-order valence-electron chi connectivity index (χ2n) is 4.66. The molecule has 3 N–H and O–H groups in total. The molecular weight excluding hydrogens is 336 g/mol. The van der Waals surface area contributed by atoms with Gasteiger partial charge >= 0.3 is 5.69 Å². The van der Waals surface area contributed by atoms with Crippen LogP contribution in [0.4, 0.5) is 11.4 Å². The zero-order chi connectivity index (χ0) is 18.6. The zero-order valence-electron chi connectivity index (χ0n) is 12.3. The quantitative estimate of drug-likeness (QED) is 0.420. The van der Waals surface area contributed by atoms with Gasteiger partial charge < -0.3 is 10.2 Å². The van der Waals surface area contributed by atoms with Gasteiger partial charge in [0.1, 0.15) is 5.75 Å². The first-order chi connectivity index (χ1) is 11.8. The third-order valence-corrected chi connectivity index (χ3v) is 3.03. The van der Waals surface area contributed by atoms with Crippen LogP contribution in [0.3, 0.4) is 0 Å². The van der Waals surface area contributed by atoms with Crippen LogP contribution in [-0.4, -0.2) is 32.2 Å². The molecule has 0 fully saturated rings. The molecular formula is C14H10N4O7. The van der Waals surface area contributed by atoms with Crippen molar-refractivity contribution in [2.75, 3.05) is 0 Å². The Bertz CT molecular complexity index is 877. The van der Waals surface area contributed by atoms with Gasteiger partial charge in [-0.1, -0.05) is 0 Å². The van der Waals surface area contributed by atoms with E-state index >= 15 is 0 Å². The number of nitro benzene ring substituents is 2. The van der Waals surface area contributed by atoms with Crippen LogP contribution < -0.4 is 5.43 Å². The van der Waals surface area contributed by atoms with E-state index in [1.54, 1.807) is 0 Å². The highest BCUT2D eigenvalue weighted by Crippen LogP contribution is 2.31. The van der Waals surface area contributed by atoms with Crippen LogP contribution in [-0.2, 0) is 0 Å². The molecule has 1 amide bonds. The number of phenols is 2. The number of nitrogens with zero attached hydrogens (tertiary/aromatic N) is 3. The average Bonchev–Trinajstić information content (AvgIpc) is 2.56. The summed E-state index contributed by atoms with van der Waals surface area (Å²) in [5.74, 6) is -1.87. The Morgan fingerprint density at radius 2 is 1.68 bits per heavy atom. The van der Waals surface area contributed by atoms with E-state index in [0.717, 1.165) is 30.5 Å². The minimum Gasteiger partial charge on any atom is -0.507 e. The lowest BCUT2D eigenvalue weighted by atomic mass is 10.2. The number of hydrogen-bond acceptors (Lipinski definition) is 8. The molecule has 0 radical (unpaired) electrons. The minimum absolute atomic E-state index is 0.101. The maximum absolute atomic E-state index is 11.8. The van der Waals surface area contributed by atoms with Crippen LogP contribution in [0.1, 0.15) is 15.9 Å². The van der Waals surface area contributed by atoms with E-state index < -0.39 is 32.9 Å². The number of benzene rings is 2. The fraction of sp³-hybridized carbons (Fsp3) is 0.